The van der Waals surface area contributed by atoms with Gasteiger partial charge in [0.1, 0.15) is 0 Å². The van der Waals surface area contributed by atoms with Crippen LogP contribution in [0.25, 0.3) is 0 Å². The summed E-state index contributed by atoms with van der Waals surface area (Å²) in [5.41, 5.74) is 0. The molecule has 0 heterocycles. The van der Waals surface area contributed by atoms with Crippen LogP contribution in [0.15, 0.2) is 0 Å². The third kappa shape index (κ3) is 26.9. The van der Waals surface area contributed by atoms with Crippen LogP contribution >= 0.6 is 0 Å². The topological polar surface area (TPSA) is 77.4 Å². The second-order valence-corrected chi connectivity index (χ2v) is 9.67. The van der Waals surface area contributed by atoms with Crippen molar-refractivity contribution in [2.45, 2.75) is 135 Å². The molecule has 1 N–H and O–H groups in total. The van der Waals surface area contributed by atoms with Crippen LogP contribution in [-0.4, -0.2) is 29.9 Å². The first-order valence-electron chi connectivity index (χ1n) is 11.6. The molecule has 0 rings (SSSR count). The zero-order valence-electron chi connectivity index (χ0n) is 18.8. The second kappa shape index (κ2) is 22.6. The fourth-order valence-corrected chi connectivity index (χ4v) is 4.11. The first-order valence-corrected chi connectivity index (χ1v) is 13.1. The number of hydrogen-bond donors (Lipinski definition) is 1. The van der Waals surface area contributed by atoms with Crippen LogP contribution < -0.4 is 29.6 Å². The van der Waals surface area contributed by atoms with Gasteiger partial charge in [-0.2, -0.15) is 0 Å². The molecule has 0 bridgehead atoms. The second-order valence-electron chi connectivity index (χ2n) is 8.15. The van der Waals surface area contributed by atoms with Crippen LogP contribution in [0.2, 0.25) is 0 Å². The predicted octanol–water partition coefficient (Wildman–Crippen LogP) is 3.33. The summed E-state index contributed by atoms with van der Waals surface area (Å²) in [6.07, 6.45) is 21.9. The summed E-state index contributed by atoms with van der Waals surface area (Å²) in [5.74, 6) is -0.203. The fraction of sp³-hybridized carbons (Fsp3) is 1.00. The minimum Gasteiger partial charge on any atom is -0.748 e. The summed E-state index contributed by atoms with van der Waals surface area (Å²) in [6, 6.07) is 0. The molecule has 0 amide bonds. The Bertz CT molecular complexity index is 401. The molecule has 0 saturated heterocycles. The van der Waals surface area contributed by atoms with Gasteiger partial charge >= 0.3 is 29.6 Å². The average Bonchev–Trinajstić information content (AvgIpc) is 2.61. The fourth-order valence-electron chi connectivity index (χ4n) is 3.55. The quantitative estimate of drug-likeness (QED) is 0.173. The molecule has 0 radical (unpaired) electrons. The minimum absolute atomic E-state index is 0. The van der Waals surface area contributed by atoms with E-state index in [2.05, 4.69) is 6.92 Å². The summed E-state index contributed by atoms with van der Waals surface area (Å²) in [4.78, 5) is 0. The van der Waals surface area contributed by atoms with Gasteiger partial charge in [-0.05, 0) is 19.3 Å². The van der Waals surface area contributed by atoms with Gasteiger partial charge in [0.25, 0.3) is 0 Å². The van der Waals surface area contributed by atoms with Crippen molar-refractivity contribution in [3.8, 4) is 0 Å². The average molecular weight is 429 g/mol. The van der Waals surface area contributed by atoms with Gasteiger partial charge in [0.15, 0.2) is 0 Å². The van der Waals surface area contributed by atoms with Gasteiger partial charge in [0.05, 0.1) is 16.2 Å². The van der Waals surface area contributed by atoms with Crippen molar-refractivity contribution >= 4 is 10.1 Å². The number of rotatable bonds is 21. The van der Waals surface area contributed by atoms with E-state index in [1.54, 1.807) is 0 Å². The number of hydrogen-bond acceptors (Lipinski definition) is 4. The van der Waals surface area contributed by atoms with Crippen LogP contribution in [0.1, 0.15) is 129 Å². The van der Waals surface area contributed by atoms with E-state index in [1.807, 2.05) is 0 Å². The Morgan fingerprint density at radius 3 is 1.32 bits per heavy atom. The molecule has 28 heavy (non-hydrogen) atoms. The van der Waals surface area contributed by atoms with Gasteiger partial charge in [0, 0.05) is 5.75 Å². The van der Waals surface area contributed by atoms with Crippen molar-refractivity contribution in [1.82, 2.24) is 0 Å². The molecule has 0 aromatic carbocycles. The minimum atomic E-state index is -4.01. The molecule has 0 fully saturated rings. The van der Waals surface area contributed by atoms with Gasteiger partial charge in [-0.3, -0.25) is 0 Å². The molecule has 0 aliphatic carbocycles. The van der Waals surface area contributed by atoms with E-state index >= 15 is 0 Å². The molecular weight excluding hydrogens is 383 g/mol. The number of aliphatic hydroxyl groups is 1. The molecule has 6 heteroatoms. The largest absolute Gasteiger partial charge is 1.00 e. The Labute approximate surface area is 197 Å². The third-order valence-corrected chi connectivity index (χ3v) is 6.11. The zero-order chi connectivity index (χ0) is 20.2. The summed E-state index contributed by atoms with van der Waals surface area (Å²) >= 11 is 0. The van der Waals surface area contributed by atoms with E-state index in [0.717, 1.165) is 32.1 Å². The van der Waals surface area contributed by atoms with E-state index in [9.17, 15) is 18.1 Å². The van der Waals surface area contributed by atoms with Gasteiger partial charge in [0.2, 0.25) is 0 Å². The monoisotopic (exact) mass is 428 g/mol. The first kappa shape index (κ1) is 31.1. The van der Waals surface area contributed by atoms with Crippen LogP contribution in [0.4, 0.5) is 0 Å². The number of aliphatic hydroxyl groups excluding tert-OH is 1. The van der Waals surface area contributed by atoms with Crippen molar-refractivity contribution in [1.29, 1.82) is 0 Å². The Balaban J connectivity index is 0. The van der Waals surface area contributed by atoms with Gasteiger partial charge < -0.3 is 9.66 Å². The molecular formula is C22H45NaO4S. The molecule has 0 aliphatic rings. The van der Waals surface area contributed by atoms with E-state index in [1.165, 1.54) is 83.5 Å². The van der Waals surface area contributed by atoms with E-state index < -0.39 is 10.1 Å². The van der Waals surface area contributed by atoms with E-state index in [-0.39, 0.29) is 41.4 Å². The van der Waals surface area contributed by atoms with Crippen LogP contribution in [0.3, 0.4) is 0 Å². The molecule has 0 spiro atoms. The van der Waals surface area contributed by atoms with Gasteiger partial charge in [-0.25, -0.2) is 8.42 Å². The molecule has 4 nitrogen and oxygen atoms in total. The summed E-state index contributed by atoms with van der Waals surface area (Å²) in [6.45, 7) is 2.22. The molecule has 0 saturated carbocycles. The predicted molar refractivity (Wildman–Crippen MR) is 114 cm³/mol. The molecule has 164 valence electrons. The summed E-state index contributed by atoms with van der Waals surface area (Å²) < 4.78 is 31.4. The maximum absolute atomic E-state index is 10.5. The van der Waals surface area contributed by atoms with Crippen molar-refractivity contribution < 1.29 is 47.6 Å². The Morgan fingerprint density at radius 1 is 0.643 bits per heavy atom. The Kier molecular flexibility index (Phi) is 25.0. The molecule has 0 aromatic heterocycles. The van der Waals surface area contributed by atoms with Crippen molar-refractivity contribution in [2.75, 3.05) is 5.75 Å². The smallest absolute Gasteiger partial charge is 0.748 e. The summed E-state index contributed by atoms with van der Waals surface area (Å²) in [7, 11) is -4.01. The maximum atomic E-state index is 10.5. The third-order valence-electron chi connectivity index (χ3n) is 5.32. The van der Waals surface area contributed by atoms with Crippen molar-refractivity contribution in [3.05, 3.63) is 0 Å². The molecule has 0 aromatic rings. The van der Waals surface area contributed by atoms with Gasteiger partial charge in [-0.15, -0.1) is 0 Å². The molecule has 0 aliphatic heterocycles. The Hall–Kier alpha value is 0.870. The number of unbranched alkanes of at least 4 members (excludes halogenated alkanes) is 15. The SMILES string of the molecule is CCCCCCC(O)CCCCCCCCCCCCCCCS(=O)(=O)[O-].[Na+]. The van der Waals surface area contributed by atoms with E-state index in [0.29, 0.717) is 6.42 Å². The molecule has 1 atom stereocenters. The summed E-state index contributed by atoms with van der Waals surface area (Å²) in [5, 5.41) is 9.93. The van der Waals surface area contributed by atoms with E-state index in [4.69, 9.17) is 0 Å². The van der Waals surface area contributed by atoms with Crippen molar-refractivity contribution in [2.24, 2.45) is 0 Å². The Morgan fingerprint density at radius 2 is 0.964 bits per heavy atom. The zero-order valence-corrected chi connectivity index (χ0v) is 21.6. The van der Waals surface area contributed by atoms with Crippen LogP contribution in [0, 0.1) is 0 Å². The molecule has 1 unspecified atom stereocenters. The van der Waals surface area contributed by atoms with Crippen LogP contribution in [-0.2, 0) is 10.1 Å². The van der Waals surface area contributed by atoms with Gasteiger partial charge in [-0.1, -0.05) is 110 Å². The van der Waals surface area contributed by atoms with Crippen LogP contribution in [0.5, 0.6) is 0 Å². The first-order chi connectivity index (χ1) is 13.0. The maximum Gasteiger partial charge on any atom is 1.00 e. The standard InChI is InChI=1S/C22H46O4S.Na/c1-2-3-4-16-19-22(23)20-17-14-12-10-8-6-5-7-9-11-13-15-18-21-27(24,25)26;/h22-23H,2-21H2,1H3,(H,24,25,26);/q;+1/p-1. The van der Waals surface area contributed by atoms with Crippen molar-refractivity contribution in [3.63, 3.8) is 0 Å². The normalized spacial score (nSPS) is 12.7.